The summed E-state index contributed by atoms with van der Waals surface area (Å²) in [6, 6.07) is 7.77. The maximum Gasteiger partial charge on any atom is 0.404 e. The maximum atomic E-state index is 10.9. The zero-order valence-corrected chi connectivity index (χ0v) is 21.1. The molecule has 188 valence electrons. The summed E-state index contributed by atoms with van der Waals surface area (Å²) in [5.41, 5.74) is 3.45. The summed E-state index contributed by atoms with van der Waals surface area (Å²) >= 11 is 6.45. The van der Waals surface area contributed by atoms with Gasteiger partial charge in [0, 0.05) is 61.5 Å². The summed E-state index contributed by atoms with van der Waals surface area (Å²) < 4.78 is 13.5. The van der Waals surface area contributed by atoms with Crippen molar-refractivity contribution in [1.82, 2.24) is 19.6 Å². The zero-order chi connectivity index (χ0) is 24.9. The number of nitrogens with one attached hydrogen (secondary N) is 1. The first-order chi connectivity index (χ1) is 16.8. The summed E-state index contributed by atoms with van der Waals surface area (Å²) in [6.45, 7) is 3.07. The average Bonchev–Trinajstić information content (AvgIpc) is 3.25. The number of hydrogen-bond donors (Lipinski definition) is 2. The highest BCUT2D eigenvalue weighted by molar-refractivity contribution is 6.32. The number of fused-ring (bicyclic) bond motifs is 1. The number of methoxy groups -OCH3 is 1. The number of amides is 1. The fraction of sp³-hybridized carbons (Fsp3) is 0.440. The predicted octanol–water partition coefficient (Wildman–Crippen LogP) is 4.23. The third-order valence-corrected chi connectivity index (χ3v) is 6.46. The monoisotopic (exact) mass is 501 g/mol. The van der Waals surface area contributed by atoms with Crippen LogP contribution in [0.3, 0.4) is 0 Å². The number of halogens is 1. The Morgan fingerprint density at radius 2 is 2.03 bits per heavy atom. The van der Waals surface area contributed by atoms with Gasteiger partial charge in [0.1, 0.15) is 17.1 Å². The number of anilines is 1. The van der Waals surface area contributed by atoms with Crippen LogP contribution in [0.25, 0.3) is 16.9 Å². The van der Waals surface area contributed by atoms with E-state index in [0.717, 1.165) is 61.5 Å². The molecule has 2 aromatic heterocycles. The van der Waals surface area contributed by atoms with Gasteiger partial charge < -0.3 is 34.1 Å². The van der Waals surface area contributed by atoms with Gasteiger partial charge >= 0.3 is 6.09 Å². The lowest BCUT2D eigenvalue weighted by Crippen LogP contribution is -2.44. The van der Waals surface area contributed by atoms with Crippen LogP contribution in [0.4, 0.5) is 10.5 Å². The molecule has 1 aliphatic rings. The largest absolute Gasteiger partial charge is 0.495 e. The van der Waals surface area contributed by atoms with Crippen LogP contribution in [0.5, 0.6) is 11.5 Å². The van der Waals surface area contributed by atoms with Crippen molar-refractivity contribution < 1.29 is 19.4 Å². The number of rotatable bonds is 9. The quantitative estimate of drug-likeness (QED) is 0.424. The minimum absolute atomic E-state index is 0.00137. The Bertz CT molecular complexity index is 1170. The number of piperidine rings is 1. The lowest BCUT2D eigenvalue weighted by Gasteiger charge is -2.33. The molecule has 1 saturated heterocycles. The normalized spacial score (nSPS) is 14.5. The van der Waals surface area contributed by atoms with E-state index in [4.69, 9.17) is 31.2 Å². The van der Waals surface area contributed by atoms with E-state index in [2.05, 4.69) is 27.2 Å². The summed E-state index contributed by atoms with van der Waals surface area (Å²) in [7, 11) is 5.66. The first-order valence-corrected chi connectivity index (χ1v) is 12.1. The van der Waals surface area contributed by atoms with Gasteiger partial charge in [0.15, 0.2) is 0 Å². The summed E-state index contributed by atoms with van der Waals surface area (Å²) in [4.78, 5) is 20.2. The maximum absolute atomic E-state index is 10.9. The van der Waals surface area contributed by atoms with Crippen LogP contribution in [-0.2, 0) is 0 Å². The van der Waals surface area contributed by atoms with Crippen molar-refractivity contribution in [2.75, 3.05) is 52.3 Å². The molecule has 0 saturated carbocycles. The zero-order valence-electron chi connectivity index (χ0n) is 20.3. The van der Waals surface area contributed by atoms with E-state index in [9.17, 15) is 4.79 Å². The van der Waals surface area contributed by atoms with Crippen molar-refractivity contribution in [2.45, 2.75) is 25.3 Å². The molecular weight excluding hydrogens is 470 g/mol. The number of ether oxygens (including phenoxy) is 2. The first kappa shape index (κ1) is 24.9. The molecular formula is C25H32ClN5O4. The second-order valence-electron chi connectivity index (χ2n) is 8.98. The molecule has 10 heteroatoms. The Morgan fingerprint density at radius 3 is 2.71 bits per heavy atom. The fourth-order valence-electron chi connectivity index (χ4n) is 4.33. The number of benzene rings is 1. The SMILES string of the molecule is COc1cc(OCCCN(C)C)c(-c2cn3ccc(N4CCC(NC(=O)O)CC4)cc3n2)cc1Cl. The van der Waals surface area contributed by atoms with Crippen LogP contribution in [0.2, 0.25) is 5.02 Å². The Balaban J connectivity index is 1.56. The Kier molecular flexibility index (Phi) is 7.87. The van der Waals surface area contributed by atoms with Crippen molar-refractivity contribution in [3.05, 3.63) is 41.7 Å². The molecule has 3 heterocycles. The second-order valence-corrected chi connectivity index (χ2v) is 9.38. The molecule has 0 radical (unpaired) electrons. The topological polar surface area (TPSA) is 91.6 Å². The molecule has 9 nitrogen and oxygen atoms in total. The van der Waals surface area contributed by atoms with Crippen molar-refractivity contribution in [1.29, 1.82) is 0 Å². The first-order valence-electron chi connectivity index (χ1n) is 11.7. The highest BCUT2D eigenvalue weighted by atomic mass is 35.5. The van der Waals surface area contributed by atoms with E-state index < -0.39 is 6.09 Å². The lowest BCUT2D eigenvalue weighted by atomic mass is 10.0. The van der Waals surface area contributed by atoms with Gasteiger partial charge in [-0.15, -0.1) is 0 Å². The molecule has 0 unspecified atom stereocenters. The van der Waals surface area contributed by atoms with Gasteiger partial charge in [0.25, 0.3) is 0 Å². The molecule has 1 amide bonds. The van der Waals surface area contributed by atoms with Crippen molar-refractivity contribution in [2.24, 2.45) is 0 Å². The number of aromatic nitrogens is 2. The molecule has 1 aliphatic heterocycles. The third-order valence-electron chi connectivity index (χ3n) is 6.17. The van der Waals surface area contributed by atoms with Crippen LogP contribution in [0, 0.1) is 0 Å². The number of carboxylic acid groups (broad SMARTS) is 1. The molecule has 0 atom stereocenters. The smallest absolute Gasteiger partial charge is 0.404 e. The molecule has 0 aliphatic carbocycles. The van der Waals surface area contributed by atoms with Crippen LogP contribution in [-0.4, -0.2) is 79.0 Å². The van der Waals surface area contributed by atoms with Gasteiger partial charge in [-0.25, -0.2) is 9.78 Å². The molecule has 4 rings (SSSR count). The third kappa shape index (κ3) is 6.10. The number of carbonyl (C=O) groups is 1. The molecule has 1 aromatic carbocycles. The number of pyridine rings is 1. The minimum Gasteiger partial charge on any atom is -0.495 e. The van der Waals surface area contributed by atoms with E-state index in [-0.39, 0.29) is 6.04 Å². The molecule has 1 fully saturated rings. The number of hydrogen-bond acceptors (Lipinski definition) is 6. The van der Waals surface area contributed by atoms with Crippen molar-refractivity contribution >= 4 is 29.0 Å². The van der Waals surface area contributed by atoms with Crippen LogP contribution >= 0.6 is 11.6 Å². The molecule has 35 heavy (non-hydrogen) atoms. The summed E-state index contributed by atoms with van der Waals surface area (Å²) in [5, 5.41) is 12.0. The lowest BCUT2D eigenvalue weighted by molar-refractivity contribution is 0.187. The predicted molar refractivity (Wildman–Crippen MR) is 137 cm³/mol. The van der Waals surface area contributed by atoms with E-state index in [1.54, 1.807) is 7.11 Å². The second kappa shape index (κ2) is 11.0. The van der Waals surface area contributed by atoms with Gasteiger partial charge in [0.05, 0.1) is 24.4 Å². The van der Waals surface area contributed by atoms with Gasteiger partial charge in [-0.1, -0.05) is 11.6 Å². The Labute approximate surface area is 210 Å². The van der Waals surface area contributed by atoms with Crippen LogP contribution in [0.1, 0.15) is 19.3 Å². The standard InChI is InChI=1S/C25H32ClN5O4/c1-29(2)8-4-12-35-22-15-23(34-3)20(26)14-19(22)21-16-31-11-7-18(13-24(31)28-21)30-9-5-17(6-10-30)27-25(32)33/h7,11,13-17,27H,4-6,8-10,12H2,1-3H3,(H,32,33). The van der Waals surface area contributed by atoms with E-state index in [1.165, 1.54) is 0 Å². The van der Waals surface area contributed by atoms with Crippen LogP contribution < -0.4 is 19.7 Å². The molecule has 0 bridgehead atoms. The molecule has 3 aromatic rings. The van der Waals surface area contributed by atoms with E-state index in [1.807, 2.05) is 43.0 Å². The minimum atomic E-state index is -0.963. The Hall–Kier alpha value is -3.17. The summed E-state index contributed by atoms with van der Waals surface area (Å²) in [6.07, 6.45) is 5.43. The van der Waals surface area contributed by atoms with Gasteiger partial charge in [0.2, 0.25) is 0 Å². The number of imidazole rings is 1. The Morgan fingerprint density at radius 1 is 1.26 bits per heavy atom. The average molecular weight is 502 g/mol. The number of nitrogens with zero attached hydrogens (tertiary/aromatic N) is 4. The van der Waals surface area contributed by atoms with Gasteiger partial charge in [-0.3, -0.25) is 0 Å². The van der Waals surface area contributed by atoms with E-state index in [0.29, 0.717) is 23.1 Å². The van der Waals surface area contributed by atoms with Crippen LogP contribution in [0.15, 0.2) is 36.7 Å². The van der Waals surface area contributed by atoms with E-state index >= 15 is 0 Å². The van der Waals surface area contributed by atoms with Crippen molar-refractivity contribution in [3.63, 3.8) is 0 Å². The summed E-state index contributed by atoms with van der Waals surface area (Å²) in [5.74, 6) is 1.24. The van der Waals surface area contributed by atoms with Gasteiger partial charge in [-0.05, 0) is 45.5 Å². The van der Waals surface area contributed by atoms with Crippen molar-refractivity contribution in [3.8, 4) is 22.8 Å². The van der Waals surface area contributed by atoms with Gasteiger partial charge in [-0.2, -0.15) is 0 Å². The fourth-order valence-corrected chi connectivity index (χ4v) is 4.57. The highest BCUT2D eigenvalue weighted by Gasteiger charge is 2.21. The molecule has 0 spiro atoms. The molecule has 2 N–H and O–H groups in total. The highest BCUT2D eigenvalue weighted by Crippen LogP contribution is 2.38.